The SMILES string of the molecule is CCCCCCCCCC1C[C@H](O)c2cc(Br)ccc2O1. The molecule has 0 fully saturated rings. The van der Waals surface area contributed by atoms with E-state index in [1.807, 2.05) is 18.2 Å². The van der Waals surface area contributed by atoms with Crippen molar-refractivity contribution in [1.82, 2.24) is 0 Å². The number of aliphatic hydroxyl groups excluding tert-OH is 1. The van der Waals surface area contributed by atoms with Gasteiger partial charge in [-0.15, -0.1) is 0 Å². The van der Waals surface area contributed by atoms with Crippen LogP contribution in [0, 0.1) is 0 Å². The molecule has 0 aromatic heterocycles. The monoisotopic (exact) mass is 354 g/mol. The number of hydrogen-bond acceptors (Lipinski definition) is 2. The molecule has 0 aliphatic carbocycles. The maximum Gasteiger partial charge on any atom is 0.125 e. The van der Waals surface area contributed by atoms with Crippen LogP contribution in [0.15, 0.2) is 22.7 Å². The van der Waals surface area contributed by atoms with Crippen LogP contribution in [-0.2, 0) is 0 Å². The standard InChI is InChI=1S/C18H27BrO2/c1-2-3-4-5-6-7-8-9-15-13-17(20)16-12-14(19)10-11-18(16)21-15/h10-12,15,17,20H,2-9,13H2,1H3/t15?,17-/m0/s1. The maximum absolute atomic E-state index is 10.3. The summed E-state index contributed by atoms with van der Waals surface area (Å²) < 4.78 is 7.02. The van der Waals surface area contributed by atoms with E-state index in [9.17, 15) is 5.11 Å². The van der Waals surface area contributed by atoms with Crippen LogP contribution in [0.4, 0.5) is 0 Å². The number of unbranched alkanes of at least 4 members (excludes halogenated alkanes) is 6. The summed E-state index contributed by atoms with van der Waals surface area (Å²) in [6.45, 7) is 2.25. The second-order valence-corrected chi connectivity index (χ2v) is 7.00. The van der Waals surface area contributed by atoms with Crippen molar-refractivity contribution < 1.29 is 9.84 Å². The van der Waals surface area contributed by atoms with Crippen molar-refractivity contribution in [2.45, 2.75) is 76.9 Å². The number of aliphatic hydroxyl groups is 1. The van der Waals surface area contributed by atoms with E-state index in [0.717, 1.165) is 28.6 Å². The van der Waals surface area contributed by atoms with Crippen LogP contribution in [0.3, 0.4) is 0 Å². The van der Waals surface area contributed by atoms with Gasteiger partial charge in [-0.2, -0.15) is 0 Å². The Morgan fingerprint density at radius 1 is 1.14 bits per heavy atom. The molecule has 0 saturated carbocycles. The summed E-state index contributed by atoms with van der Waals surface area (Å²) in [5.74, 6) is 0.852. The highest BCUT2D eigenvalue weighted by Gasteiger charge is 2.26. The lowest BCUT2D eigenvalue weighted by molar-refractivity contribution is 0.0604. The zero-order valence-corrected chi connectivity index (χ0v) is 14.6. The fraction of sp³-hybridized carbons (Fsp3) is 0.667. The van der Waals surface area contributed by atoms with Gasteiger partial charge in [-0.25, -0.2) is 0 Å². The molecule has 2 rings (SSSR count). The summed E-state index contributed by atoms with van der Waals surface area (Å²) in [4.78, 5) is 0. The summed E-state index contributed by atoms with van der Waals surface area (Å²) in [6, 6.07) is 5.89. The Hall–Kier alpha value is -0.540. The fourth-order valence-corrected chi connectivity index (χ4v) is 3.38. The highest BCUT2D eigenvalue weighted by molar-refractivity contribution is 9.10. The van der Waals surface area contributed by atoms with Crippen molar-refractivity contribution >= 4 is 15.9 Å². The lowest BCUT2D eigenvalue weighted by atomic mass is 9.96. The van der Waals surface area contributed by atoms with Gasteiger partial charge in [-0.1, -0.05) is 61.4 Å². The second-order valence-electron chi connectivity index (χ2n) is 6.08. The third-order valence-corrected chi connectivity index (χ3v) is 4.73. The maximum atomic E-state index is 10.3. The average Bonchev–Trinajstić information content (AvgIpc) is 2.47. The first-order valence-electron chi connectivity index (χ1n) is 8.35. The number of ether oxygens (including phenoxy) is 1. The Balaban J connectivity index is 1.70. The number of halogens is 1. The van der Waals surface area contributed by atoms with Crippen molar-refractivity contribution in [3.05, 3.63) is 28.2 Å². The quantitative estimate of drug-likeness (QED) is 0.600. The van der Waals surface area contributed by atoms with Crippen LogP contribution in [-0.4, -0.2) is 11.2 Å². The van der Waals surface area contributed by atoms with Crippen LogP contribution in [0.1, 0.15) is 76.4 Å². The Morgan fingerprint density at radius 3 is 2.62 bits per heavy atom. The van der Waals surface area contributed by atoms with Gasteiger partial charge in [-0.3, -0.25) is 0 Å². The number of hydrogen-bond donors (Lipinski definition) is 1. The molecule has 0 spiro atoms. The molecule has 1 aromatic carbocycles. The molecular weight excluding hydrogens is 328 g/mol. The molecule has 2 nitrogen and oxygen atoms in total. The Kier molecular flexibility index (Phi) is 7.05. The van der Waals surface area contributed by atoms with Crippen molar-refractivity contribution in [2.75, 3.05) is 0 Å². The third kappa shape index (κ3) is 5.30. The molecule has 118 valence electrons. The molecule has 0 amide bonds. The first-order valence-corrected chi connectivity index (χ1v) is 9.14. The molecule has 0 saturated heterocycles. The summed E-state index contributed by atoms with van der Waals surface area (Å²) >= 11 is 3.44. The van der Waals surface area contributed by atoms with Gasteiger partial charge in [0, 0.05) is 16.5 Å². The summed E-state index contributed by atoms with van der Waals surface area (Å²) in [7, 11) is 0. The highest BCUT2D eigenvalue weighted by Crippen LogP contribution is 2.37. The summed E-state index contributed by atoms with van der Waals surface area (Å²) in [5, 5.41) is 10.3. The molecule has 1 heterocycles. The van der Waals surface area contributed by atoms with E-state index in [1.165, 1.54) is 44.9 Å². The Bertz CT molecular complexity index is 433. The molecule has 1 aliphatic rings. The minimum atomic E-state index is -0.388. The number of fused-ring (bicyclic) bond motifs is 1. The van der Waals surface area contributed by atoms with E-state index in [0.29, 0.717) is 0 Å². The molecule has 21 heavy (non-hydrogen) atoms. The van der Waals surface area contributed by atoms with Crippen LogP contribution < -0.4 is 4.74 Å². The van der Waals surface area contributed by atoms with E-state index in [-0.39, 0.29) is 12.2 Å². The van der Waals surface area contributed by atoms with E-state index in [1.54, 1.807) is 0 Å². The molecule has 1 N–H and O–H groups in total. The molecular formula is C18H27BrO2. The number of benzene rings is 1. The minimum absolute atomic E-state index is 0.171. The largest absolute Gasteiger partial charge is 0.490 e. The second kappa shape index (κ2) is 8.79. The van der Waals surface area contributed by atoms with E-state index in [4.69, 9.17) is 4.74 Å². The topological polar surface area (TPSA) is 29.5 Å². The zero-order chi connectivity index (χ0) is 15.1. The van der Waals surface area contributed by atoms with Crippen molar-refractivity contribution in [1.29, 1.82) is 0 Å². The molecule has 1 unspecified atom stereocenters. The molecule has 3 heteroatoms. The predicted octanol–water partition coefficient (Wildman–Crippen LogP) is 5.77. The minimum Gasteiger partial charge on any atom is -0.490 e. The van der Waals surface area contributed by atoms with Gasteiger partial charge in [-0.05, 0) is 31.0 Å². The van der Waals surface area contributed by atoms with Crippen LogP contribution in [0.5, 0.6) is 5.75 Å². The predicted molar refractivity (Wildman–Crippen MR) is 90.7 cm³/mol. The normalized spacial score (nSPS) is 20.9. The van der Waals surface area contributed by atoms with E-state index >= 15 is 0 Å². The third-order valence-electron chi connectivity index (χ3n) is 4.24. The van der Waals surface area contributed by atoms with Crippen LogP contribution >= 0.6 is 15.9 Å². The zero-order valence-electron chi connectivity index (χ0n) is 13.0. The van der Waals surface area contributed by atoms with Gasteiger partial charge in [0.1, 0.15) is 11.9 Å². The molecule has 0 bridgehead atoms. The van der Waals surface area contributed by atoms with Gasteiger partial charge < -0.3 is 9.84 Å². The Morgan fingerprint density at radius 2 is 1.86 bits per heavy atom. The number of rotatable bonds is 8. The van der Waals surface area contributed by atoms with Gasteiger partial charge in [0.15, 0.2) is 0 Å². The fourth-order valence-electron chi connectivity index (χ4n) is 3.00. The molecule has 2 atom stereocenters. The van der Waals surface area contributed by atoms with E-state index < -0.39 is 0 Å². The lowest BCUT2D eigenvalue weighted by Crippen LogP contribution is -2.25. The summed E-state index contributed by atoms with van der Waals surface area (Å²) in [6.07, 6.45) is 10.8. The highest BCUT2D eigenvalue weighted by atomic mass is 79.9. The van der Waals surface area contributed by atoms with Crippen molar-refractivity contribution in [2.24, 2.45) is 0 Å². The summed E-state index contributed by atoms with van der Waals surface area (Å²) in [5.41, 5.74) is 0.917. The van der Waals surface area contributed by atoms with Crippen LogP contribution in [0.2, 0.25) is 0 Å². The first-order chi connectivity index (χ1) is 10.2. The van der Waals surface area contributed by atoms with Gasteiger partial charge in [0.25, 0.3) is 0 Å². The van der Waals surface area contributed by atoms with Gasteiger partial charge >= 0.3 is 0 Å². The van der Waals surface area contributed by atoms with Gasteiger partial charge in [0.05, 0.1) is 6.10 Å². The molecule has 1 aromatic rings. The average molecular weight is 355 g/mol. The smallest absolute Gasteiger partial charge is 0.125 e. The van der Waals surface area contributed by atoms with Crippen molar-refractivity contribution in [3.8, 4) is 5.75 Å². The lowest BCUT2D eigenvalue weighted by Gasteiger charge is -2.29. The van der Waals surface area contributed by atoms with Crippen LogP contribution in [0.25, 0.3) is 0 Å². The van der Waals surface area contributed by atoms with Crippen molar-refractivity contribution in [3.63, 3.8) is 0 Å². The first kappa shape index (κ1) is 16.8. The Labute approximate surface area is 137 Å². The molecule has 1 aliphatic heterocycles. The molecule has 0 radical (unpaired) electrons. The van der Waals surface area contributed by atoms with E-state index in [2.05, 4.69) is 22.9 Å². The van der Waals surface area contributed by atoms with Gasteiger partial charge in [0.2, 0.25) is 0 Å².